The molecule has 0 aliphatic carbocycles. The quantitative estimate of drug-likeness (QED) is 0.690. The van der Waals surface area contributed by atoms with E-state index in [1.807, 2.05) is 35.0 Å². The fourth-order valence-corrected chi connectivity index (χ4v) is 4.34. The van der Waals surface area contributed by atoms with Crippen molar-refractivity contribution in [2.75, 3.05) is 13.1 Å². The Labute approximate surface area is 151 Å². The van der Waals surface area contributed by atoms with Crippen LogP contribution in [-0.4, -0.2) is 40.3 Å². The van der Waals surface area contributed by atoms with Gasteiger partial charge in [-0.3, -0.25) is 0 Å². The van der Waals surface area contributed by atoms with Gasteiger partial charge in [-0.15, -0.1) is 0 Å². The molecular weight excluding hydrogens is 352 g/mol. The second-order valence-corrected chi connectivity index (χ2v) is 7.95. The third kappa shape index (κ3) is 3.33. The minimum atomic E-state index is -3.45. The van der Waals surface area contributed by atoms with Gasteiger partial charge in [0.1, 0.15) is 10.6 Å². The summed E-state index contributed by atoms with van der Waals surface area (Å²) in [6.07, 6.45) is 8.45. The first-order chi connectivity index (χ1) is 12.6. The van der Waals surface area contributed by atoms with E-state index in [1.165, 1.54) is 16.6 Å². The van der Waals surface area contributed by atoms with Gasteiger partial charge in [-0.25, -0.2) is 18.4 Å². The molecule has 1 aliphatic heterocycles. The molecule has 0 unspecified atom stereocenters. The molecule has 26 heavy (non-hydrogen) atoms. The molecule has 0 atom stereocenters. The highest BCUT2D eigenvalue weighted by molar-refractivity contribution is 7.89. The lowest BCUT2D eigenvalue weighted by atomic mass is 10.3. The largest absolute Gasteiger partial charge is 0.439 e. The lowest BCUT2D eigenvalue weighted by Crippen LogP contribution is -2.27. The van der Waals surface area contributed by atoms with Crippen LogP contribution in [0.2, 0.25) is 0 Å². The molecule has 0 radical (unpaired) electrons. The van der Waals surface area contributed by atoms with Gasteiger partial charge >= 0.3 is 0 Å². The van der Waals surface area contributed by atoms with Gasteiger partial charge in [0.15, 0.2) is 0 Å². The van der Waals surface area contributed by atoms with E-state index in [-0.39, 0.29) is 4.90 Å². The van der Waals surface area contributed by atoms with Crippen LogP contribution in [0.1, 0.15) is 12.8 Å². The monoisotopic (exact) mass is 370 g/mol. The van der Waals surface area contributed by atoms with Gasteiger partial charge in [0.05, 0.1) is 12.5 Å². The zero-order valence-corrected chi connectivity index (χ0v) is 14.8. The molecule has 134 valence electrons. The summed E-state index contributed by atoms with van der Waals surface area (Å²) in [4.78, 5) is 8.35. The normalized spacial score (nSPS) is 15.2. The summed E-state index contributed by atoms with van der Waals surface area (Å²) < 4.78 is 34.1. The highest BCUT2D eigenvalue weighted by atomic mass is 32.2. The molecule has 0 N–H and O–H groups in total. The summed E-state index contributed by atoms with van der Waals surface area (Å²) in [5.74, 6) is 0.970. The molecule has 4 rings (SSSR count). The molecule has 0 spiro atoms. The second kappa shape index (κ2) is 6.89. The van der Waals surface area contributed by atoms with Gasteiger partial charge in [-0.2, -0.15) is 4.31 Å². The number of ether oxygens (including phenoxy) is 1. The van der Waals surface area contributed by atoms with Crippen LogP contribution in [-0.2, 0) is 10.0 Å². The molecule has 8 heteroatoms. The summed E-state index contributed by atoms with van der Waals surface area (Å²) in [5.41, 5.74) is 0.967. The van der Waals surface area contributed by atoms with Crippen LogP contribution in [0.25, 0.3) is 5.69 Å². The highest BCUT2D eigenvalue weighted by Gasteiger charge is 2.27. The van der Waals surface area contributed by atoms with Gasteiger partial charge < -0.3 is 9.30 Å². The van der Waals surface area contributed by atoms with E-state index in [4.69, 9.17) is 4.74 Å². The number of imidazole rings is 1. The number of benzene rings is 1. The summed E-state index contributed by atoms with van der Waals surface area (Å²) in [7, 11) is -3.45. The van der Waals surface area contributed by atoms with Crippen molar-refractivity contribution < 1.29 is 13.2 Å². The molecule has 3 heterocycles. The van der Waals surface area contributed by atoms with Crippen molar-refractivity contribution in [2.24, 2.45) is 0 Å². The summed E-state index contributed by atoms with van der Waals surface area (Å²) in [6.45, 7) is 1.15. The number of hydrogen-bond acceptors (Lipinski definition) is 5. The molecular formula is C18H18N4O3S. The molecule has 2 aromatic heterocycles. The van der Waals surface area contributed by atoms with Crippen molar-refractivity contribution in [2.45, 2.75) is 17.7 Å². The first kappa shape index (κ1) is 16.7. The van der Waals surface area contributed by atoms with Crippen molar-refractivity contribution in [3.8, 4) is 17.3 Å². The Morgan fingerprint density at radius 3 is 2.38 bits per heavy atom. The van der Waals surface area contributed by atoms with Gasteiger partial charge in [0.25, 0.3) is 0 Å². The Balaban J connectivity index is 1.47. The number of nitrogens with zero attached hydrogens (tertiary/aromatic N) is 4. The number of pyridine rings is 1. The smallest absolute Gasteiger partial charge is 0.244 e. The zero-order chi connectivity index (χ0) is 18.0. The number of aromatic nitrogens is 3. The van der Waals surface area contributed by atoms with E-state index in [0.717, 1.165) is 18.5 Å². The summed E-state index contributed by atoms with van der Waals surface area (Å²) in [5, 5.41) is 0. The van der Waals surface area contributed by atoms with E-state index >= 15 is 0 Å². The van der Waals surface area contributed by atoms with Gasteiger partial charge in [0.2, 0.25) is 15.9 Å². The van der Waals surface area contributed by atoms with Gasteiger partial charge in [-0.1, -0.05) is 0 Å². The Kier molecular flexibility index (Phi) is 4.44. The Hall–Kier alpha value is -2.71. The Morgan fingerprint density at radius 1 is 1.00 bits per heavy atom. The minimum Gasteiger partial charge on any atom is -0.439 e. The van der Waals surface area contributed by atoms with E-state index in [2.05, 4.69) is 9.97 Å². The molecule has 0 amide bonds. The molecule has 1 aromatic carbocycles. The van der Waals surface area contributed by atoms with Crippen LogP contribution in [0.5, 0.6) is 11.6 Å². The maximum absolute atomic E-state index is 12.5. The van der Waals surface area contributed by atoms with Crippen LogP contribution in [0.4, 0.5) is 0 Å². The SMILES string of the molecule is O=S(=O)(c1ccc(Oc2ccc(-n3ccnc3)cc2)nc1)N1CCCC1. The maximum atomic E-state index is 12.5. The predicted octanol–water partition coefficient (Wildman–Crippen LogP) is 2.84. The lowest BCUT2D eigenvalue weighted by Gasteiger charge is -2.15. The second-order valence-electron chi connectivity index (χ2n) is 6.01. The molecule has 0 bridgehead atoms. The fourth-order valence-electron chi connectivity index (χ4n) is 2.88. The average molecular weight is 370 g/mol. The van der Waals surface area contributed by atoms with Crippen molar-refractivity contribution in [3.05, 3.63) is 61.3 Å². The Bertz CT molecular complexity index is 962. The van der Waals surface area contributed by atoms with Crippen LogP contribution >= 0.6 is 0 Å². The van der Waals surface area contributed by atoms with Crippen LogP contribution in [0.3, 0.4) is 0 Å². The predicted molar refractivity (Wildman–Crippen MR) is 95.9 cm³/mol. The Morgan fingerprint density at radius 2 is 1.77 bits per heavy atom. The topological polar surface area (TPSA) is 77.3 Å². The fraction of sp³-hybridized carbons (Fsp3) is 0.222. The third-order valence-corrected chi connectivity index (χ3v) is 6.16. The van der Waals surface area contributed by atoms with E-state index in [0.29, 0.717) is 24.7 Å². The van der Waals surface area contributed by atoms with Crippen LogP contribution in [0.15, 0.2) is 66.2 Å². The molecule has 1 saturated heterocycles. The summed E-state index contributed by atoms with van der Waals surface area (Å²) in [6, 6.07) is 10.6. The van der Waals surface area contributed by atoms with Crippen LogP contribution < -0.4 is 4.74 Å². The van der Waals surface area contributed by atoms with Crippen molar-refractivity contribution in [3.63, 3.8) is 0 Å². The number of sulfonamides is 1. The third-order valence-electron chi connectivity index (χ3n) is 4.27. The van der Waals surface area contributed by atoms with Crippen molar-refractivity contribution in [1.29, 1.82) is 0 Å². The standard InChI is InChI=1S/C18H18N4O3S/c23-26(24,22-10-1-2-11-22)17-7-8-18(20-13-17)25-16-5-3-15(4-6-16)21-12-9-19-14-21/h3-9,12-14H,1-2,10-11H2. The van der Waals surface area contributed by atoms with Crippen molar-refractivity contribution in [1.82, 2.24) is 18.8 Å². The molecule has 1 fully saturated rings. The highest BCUT2D eigenvalue weighted by Crippen LogP contribution is 2.24. The first-order valence-electron chi connectivity index (χ1n) is 8.35. The van der Waals surface area contributed by atoms with E-state index in [9.17, 15) is 8.42 Å². The molecule has 0 saturated carbocycles. The van der Waals surface area contributed by atoms with Gasteiger partial charge in [0, 0.05) is 37.2 Å². The first-order valence-corrected chi connectivity index (χ1v) is 9.79. The molecule has 1 aliphatic rings. The average Bonchev–Trinajstić information content (AvgIpc) is 3.37. The van der Waals surface area contributed by atoms with Gasteiger partial charge in [-0.05, 0) is 43.2 Å². The van der Waals surface area contributed by atoms with E-state index in [1.54, 1.807) is 18.6 Å². The summed E-state index contributed by atoms with van der Waals surface area (Å²) >= 11 is 0. The number of rotatable bonds is 5. The maximum Gasteiger partial charge on any atom is 0.244 e. The number of hydrogen-bond donors (Lipinski definition) is 0. The molecule has 3 aromatic rings. The van der Waals surface area contributed by atoms with E-state index < -0.39 is 10.0 Å². The zero-order valence-electron chi connectivity index (χ0n) is 14.0. The van der Waals surface area contributed by atoms with Crippen molar-refractivity contribution >= 4 is 10.0 Å². The van der Waals surface area contributed by atoms with Crippen LogP contribution in [0, 0.1) is 0 Å². The minimum absolute atomic E-state index is 0.196. The lowest BCUT2D eigenvalue weighted by molar-refractivity contribution is 0.459. The molecule has 7 nitrogen and oxygen atoms in total.